The van der Waals surface area contributed by atoms with Gasteiger partial charge in [0.2, 0.25) is 0 Å². The number of rotatable bonds is 6. The van der Waals surface area contributed by atoms with Gasteiger partial charge in [-0.05, 0) is 12.5 Å². The Labute approximate surface area is 105 Å². The van der Waals surface area contributed by atoms with Crippen molar-refractivity contribution in [3.05, 3.63) is 52.0 Å². The Kier molecular flexibility index (Phi) is 4.67. The Morgan fingerprint density at radius 3 is 2.82 bits per heavy atom. The van der Waals surface area contributed by atoms with Gasteiger partial charge in [-0.3, -0.25) is 5.32 Å². The molecule has 0 fully saturated rings. The third kappa shape index (κ3) is 4.26. The number of ether oxygens (including phenoxy) is 1. The summed E-state index contributed by atoms with van der Waals surface area (Å²) in [7, 11) is 0. The first kappa shape index (κ1) is 12.2. The van der Waals surface area contributed by atoms with Crippen molar-refractivity contribution in [3.63, 3.8) is 0 Å². The lowest BCUT2D eigenvalue weighted by atomic mass is 10.2. The fourth-order valence-electron chi connectivity index (χ4n) is 1.46. The van der Waals surface area contributed by atoms with E-state index in [-0.39, 0.29) is 0 Å². The van der Waals surface area contributed by atoms with Crippen molar-refractivity contribution >= 4 is 11.3 Å². The fourth-order valence-corrected chi connectivity index (χ4v) is 2.20. The van der Waals surface area contributed by atoms with Crippen molar-refractivity contribution in [1.29, 1.82) is 0 Å². The van der Waals surface area contributed by atoms with Gasteiger partial charge in [-0.15, -0.1) is 11.3 Å². The van der Waals surface area contributed by atoms with Crippen LogP contribution in [0.4, 0.5) is 0 Å². The quantitative estimate of drug-likeness (QED) is 0.630. The van der Waals surface area contributed by atoms with E-state index < -0.39 is 0 Å². The standard InChI is InChI=1S/C13H16N2OS/c1-11-9-17-13(15-11)7-14-10-16-8-12-5-3-2-4-6-12/h2-6,9,14H,7-8,10H2,1H3. The molecule has 1 heterocycles. The smallest absolute Gasteiger partial charge is 0.107 e. The Hall–Kier alpha value is -1.23. The summed E-state index contributed by atoms with van der Waals surface area (Å²) in [6.45, 7) is 3.97. The van der Waals surface area contributed by atoms with Crippen LogP contribution in [0.15, 0.2) is 35.7 Å². The van der Waals surface area contributed by atoms with Gasteiger partial charge >= 0.3 is 0 Å². The predicted molar refractivity (Wildman–Crippen MR) is 69.8 cm³/mol. The third-order valence-electron chi connectivity index (χ3n) is 2.26. The van der Waals surface area contributed by atoms with Crippen LogP contribution in [0.2, 0.25) is 0 Å². The maximum absolute atomic E-state index is 5.51. The molecule has 3 nitrogen and oxygen atoms in total. The van der Waals surface area contributed by atoms with Crippen molar-refractivity contribution in [2.45, 2.75) is 20.1 Å². The SMILES string of the molecule is Cc1csc(CNCOCc2ccccc2)n1. The minimum atomic E-state index is 0.549. The Balaban J connectivity index is 1.61. The number of hydrogen-bond acceptors (Lipinski definition) is 4. The second-order valence-corrected chi connectivity index (χ2v) is 4.73. The first-order chi connectivity index (χ1) is 8.34. The molecule has 17 heavy (non-hydrogen) atoms. The van der Waals surface area contributed by atoms with Gasteiger partial charge in [0.05, 0.1) is 13.3 Å². The lowest BCUT2D eigenvalue weighted by Gasteiger charge is -2.04. The van der Waals surface area contributed by atoms with E-state index in [1.807, 2.05) is 25.1 Å². The van der Waals surface area contributed by atoms with E-state index in [4.69, 9.17) is 4.74 Å². The minimum absolute atomic E-state index is 0.549. The van der Waals surface area contributed by atoms with Gasteiger partial charge in [0.1, 0.15) is 5.01 Å². The van der Waals surface area contributed by atoms with Gasteiger partial charge in [0.15, 0.2) is 0 Å². The lowest BCUT2D eigenvalue weighted by Crippen LogP contribution is -2.17. The van der Waals surface area contributed by atoms with Crippen molar-refractivity contribution in [2.75, 3.05) is 6.73 Å². The lowest BCUT2D eigenvalue weighted by molar-refractivity contribution is 0.102. The first-order valence-electron chi connectivity index (χ1n) is 5.58. The van der Waals surface area contributed by atoms with Crippen LogP contribution in [0.25, 0.3) is 0 Å². The molecule has 0 aliphatic rings. The van der Waals surface area contributed by atoms with E-state index in [0.717, 1.165) is 17.2 Å². The molecule has 2 aromatic rings. The van der Waals surface area contributed by atoms with Crippen LogP contribution in [0.1, 0.15) is 16.3 Å². The molecule has 4 heteroatoms. The number of nitrogens with one attached hydrogen (secondary N) is 1. The zero-order valence-corrected chi connectivity index (χ0v) is 10.7. The largest absolute Gasteiger partial charge is 0.362 e. The van der Waals surface area contributed by atoms with Gasteiger partial charge in [0.25, 0.3) is 0 Å². The summed E-state index contributed by atoms with van der Waals surface area (Å²) in [6.07, 6.45) is 0. The van der Waals surface area contributed by atoms with E-state index in [0.29, 0.717) is 13.3 Å². The highest BCUT2D eigenvalue weighted by Crippen LogP contribution is 2.07. The molecule has 0 aliphatic carbocycles. The number of benzene rings is 1. The van der Waals surface area contributed by atoms with E-state index in [1.54, 1.807) is 11.3 Å². The summed E-state index contributed by atoms with van der Waals surface area (Å²) in [5, 5.41) is 6.37. The number of nitrogens with zero attached hydrogens (tertiary/aromatic N) is 1. The van der Waals surface area contributed by atoms with Crippen LogP contribution in [0, 0.1) is 6.92 Å². The number of aryl methyl sites for hydroxylation is 1. The average molecular weight is 248 g/mol. The van der Waals surface area contributed by atoms with Crippen LogP contribution in [-0.4, -0.2) is 11.7 Å². The average Bonchev–Trinajstić information content (AvgIpc) is 2.76. The van der Waals surface area contributed by atoms with Crippen LogP contribution < -0.4 is 5.32 Å². The van der Waals surface area contributed by atoms with Gasteiger partial charge in [-0.25, -0.2) is 4.98 Å². The second-order valence-electron chi connectivity index (χ2n) is 3.79. The molecule has 0 bridgehead atoms. The summed E-state index contributed by atoms with van der Waals surface area (Å²) in [5.74, 6) is 0. The van der Waals surface area contributed by atoms with Crippen LogP contribution in [0.5, 0.6) is 0 Å². The highest BCUT2D eigenvalue weighted by atomic mass is 32.1. The van der Waals surface area contributed by atoms with E-state index in [2.05, 4.69) is 27.8 Å². The topological polar surface area (TPSA) is 34.1 Å². The number of aromatic nitrogens is 1. The molecular weight excluding hydrogens is 232 g/mol. The second kappa shape index (κ2) is 6.49. The summed E-state index contributed by atoms with van der Waals surface area (Å²) in [6, 6.07) is 10.2. The summed E-state index contributed by atoms with van der Waals surface area (Å²) in [5.41, 5.74) is 2.27. The van der Waals surface area contributed by atoms with Gasteiger partial charge in [0, 0.05) is 17.6 Å². The molecule has 90 valence electrons. The van der Waals surface area contributed by atoms with Crippen LogP contribution in [-0.2, 0) is 17.9 Å². The normalized spacial score (nSPS) is 10.6. The monoisotopic (exact) mass is 248 g/mol. The molecule has 0 aliphatic heterocycles. The van der Waals surface area contributed by atoms with Crippen molar-refractivity contribution < 1.29 is 4.74 Å². The Morgan fingerprint density at radius 2 is 2.12 bits per heavy atom. The number of thiazole rings is 1. The zero-order chi connectivity index (χ0) is 11.9. The molecule has 0 saturated heterocycles. The highest BCUT2D eigenvalue weighted by molar-refractivity contribution is 7.09. The van der Waals surface area contributed by atoms with Crippen molar-refractivity contribution in [2.24, 2.45) is 0 Å². The molecule has 0 atom stereocenters. The van der Waals surface area contributed by atoms with E-state index in [9.17, 15) is 0 Å². The molecule has 2 rings (SSSR count). The minimum Gasteiger partial charge on any atom is -0.362 e. The summed E-state index contributed by atoms with van der Waals surface area (Å²) >= 11 is 1.67. The Morgan fingerprint density at radius 1 is 1.29 bits per heavy atom. The van der Waals surface area contributed by atoms with Crippen molar-refractivity contribution in [3.8, 4) is 0 Å². The Bertz CT molecular complexity index is 442. The van der Waals surface area contributed by atoms with Crippen molar-refractivity contribution in [1.82, 2.24) is 10.3 Å². The molecular formula is C13H16N2OS. The maximum Gasteiger partial charge on any atom is 0.107 e. The first-order valence-corrected chi connectivity index (χ1v) is 6.46. The summed E-state index contributed by atoms with van der Waals surface area (Å²) in [4.78, 5) is 4.37. The predicted octanol–water partition coefficient (Wildman–Crippen LogP) is 2.72. The molecule has 0 amide bonds. The molecule has 0 spiro atoms. The fraction of sp³-hybridized carbons (Fsp3) is 0.308. The van der Waals surface area contributed by atoms with Gasteiger partial charge in [-0.1, -0.05) is 30.3 Å². The van der Waals surface area contributed by atoms with E-state index in [1.165, 1.54) is 5.56 Å². The molecule has 1 N–H and O–H groups in total. The zero-order valence-electron chi connectivity index (χ0n) is 9.85. The maximum atomic E-state index is 5.51. The van der Waals surface area contributed by atoms with Gasteiger partial charge in [-0.2, -0.15) is 0 Å². The molecule has 0 unspecified atom stereocenters. The molecule has 1 aromatic carbocycles. The van der Waals surface area contributed by atoms with Gasteiger partial charge < -0.3 is 4.74 Å². The molecule has 0 saturated carbocycles. The number of hydrogen-bond donors (Lipinski definition) is 1. The molecule has 1 aromatic heterocycles. The highest BCUT2D eigenvalue weighted by Gasteiger charge is 1.97. The van der Waals surface area contributed by atoms with Crippen LogP contribution in [0.3, 0.4) is 0 Å². The van der Waals surface area contributed by atoms with E-state index >= 15 is 0 Å². The third-order valence-corrected chi connectivity index (χ3v) is 3.23. The summed E-state index contributed by atoms with van der Waals surface area (Å²) < 4.78 is 5.51. The van der Waals surface area contributed by atoms with Crippen LogP contribution >= 0.6 is 11.3 Å². The molecule has 0 radical (unpaired) electrons.